The van der Waals surface area contributed by atoms with Crippen molar-refractivity contribution in [2.24, 2.45) is 0 Å². The molecule has 2 nitrogen and oxygen atoms in total. The highest BCUT2D eigenvalue weighted by molar-refractivity contribution is 5.74. The highest BCUT2D eigenvalue weighted by Gasteiger charge is 2.28. The summed E-state index contributed by atoms with van der Waals surface area (Å²) in [6.07, 6.45) is 4.09. The van der Waals surface area contributed by atoms with Gasteiger partial charge >= 0.3 is 0 Å². The van der Waals surface area contributed by atoms with Crippen LogP contribution in [0.5, 0.6) is 0 Å². The fraction of sp³-hybridized carbons (Fsp3) is 0.600. The minimum Gasteiger partial charge on any atom is -0.381 e. The van der Waals surface area contributed by atoms with Crippen molar-refractivity contribution in [3.63, 3.8) is 0 Å². The first-order valence-electron chi connectivity index (χ1n) is 6.90. The van der Waals surface area contributed by atoms with Gasteiger partial charge in [0.15, 0.2) is 0 Å². The van der Waals surface area contributed by atoms with Crippen LogP contribution in [0.25, 0.3) is 0 Å². The minimum atomic E-state index is 0.616. The molecule has 0 radical (unpaired) electrons. The lowest BCUT2D eigenvalue weighted by Gasteiger charge is -2.42. The van der Waals surface area contributed by atoms with E-state index in [9.17, 15) is 0 Å². The first-order chi connectivity index (χ1) is 8.25. The molecule has 0 saturated carbocycles. The maximum Gasteiger partial charge on any atom is 0.0608 e. The van der Waals surface area contributed by atoms with Crippen molar-refractivity contribution in [1.29, 1.82) is 0 Å². The van der Waals surface area contributed by atoms with Gasteiger partial charge in [-0.25, -0.2) is 0 Å². The fourth-order valence-corrected chi connectivity index (χ4v) is 3.05. The number of nitrogens with zero attached hydrogens (tertiary/aromatic N) is 1. The monoisotopic (exact) mass is 230 g/mol. The number of anilines is 2. The van der Waals surface area contributed by atoms with Gasteiger partial charge in [0.2, 0.25) is 0 Å². The second-order valence-corrected chi connectivity index (χ2v) is 5.66. The van der Waals surface area contributed by atoms with Gasteiger partial charge < -0.3 is 10.2 Å². The van der Waals surface area contributed by atoms with Crippen LogP contribution >= 0.6 is 0 Å². The number of hydrogen-bond acceptors (Lipinski definition) is 2. The average molecular weight is 230 g/mol. The molecule has 2 heterocycles. The quantitative estimate of drug-likeness (QED) is 0.793. The van der Waals surface area contributed by atoms with Crippen LogP contribution < -0.4 is 10.2 Å². The molecule has 0 aromatic heterocycles. The molecular formula is C15H22N2. The Balaban J connectivity index is 1.98. The number of rotatable bonds is 1. The van der Waals surface area contributed by atoms with E-state index >= 15 is 0 Å². The van der Waals surface area contributed by atoms with Gasteiger partial charge in [0.05, 0.1) is 11.4 Å². The molecule has 1 aromatic carbocycles. The van der Waals surface area contributed by atoms with Crippen LogP contribution in [0.2, 0.25) is 0 Å². The molecule has 0 spiro atoms. The van der Waals surface area contributed by atoms with Crippen LogP contribution in [0.4, 0.5) is 11.4 Å². The molecule has 2 aliphatic heterocycles. The molecule has 1 N–H and O–H groups in total. The normalized spacial score (nSPS) is 23.0. The van der Waals surface area contributed by atoms with Crippen molar-refractivity contribution in [1.82, 2.24) is 0 Å². The lowest BCUT2D eigenvalue weighted by Crippen LogP contribution is -2.47. The number of nitrogens with one attached hydrogen (secondary N) is 1. The van der Waals surface area contributed by atoms with Gasteiger partial charge in [-0.2, -0.15) is 0 Å². The Morgan fingerprint density at radius 3 is 3.00 bits per heavy atom. The lowest BCUT2D eigenvalue weighted by atomic mass is 9.95. The van der Waals surface area contributed by atoms with Crippen molar-refractivity contribution in [3.05, 3.63) is 23.8 Å². The van der Waals surface area contributed by atoms with E-state index in [0.29, 0.717) is 5.92 Å². The van der Waals surface area contributed by atoms with Gasteiger partial charge in [0.25, 0.3) is 0 Å². The smallest absolute Gasteiger partial charge is 0.0608 e. The van der Waals surface area contributed by atoms with Crippen LogP contribution in [-0.4, -0.2) is 19.1 Å². The second kappa shape index (κ2) is 4.25. The van der Waals surface area contributed by atoms with E-state index in [0.717, 1.165) is 12.6 Å². The molecule has 1 saturated heterocycles. The maximum absolute atomic E-state index is 3.59. The van der Waals surface area contributed by atoms with Gasteiger partial charge in [-0.05, 0) is 42.9 Å². The highest BCUT2D eigenvalue weighted by atomic mass is 15.2. The Bertz CT molecular complexity index is 411. The van der Waals surface area contributed by atoms with E-state index in [4.69, 9.17) is 0 Å². The Morgan fingerprint density at radius 1 is 1.29 bits per heavy atom. The fourth-order valence-electron chi connectivity index (χ4n) is 3.05. The van der Waals surface area contributed by atoms with E-state index < -0.39 is 0 Å². The van der Waals surface area contributed by atoms with Crippen LogP contribution in [0.15, 0.2) is 18.2 Å². The van der Waals surface area contributed by atoms with E-state index in [1.165, 1.54) is 42.7 Å². The highest BCUT2D eigenvalue weighted by Crippen LogP contribution is 2.37. The Morgan fingerprint density at radius 2 is 2.18 bits per heavy atom. The molecule has 2 heteroatoms. The van der Waals surface area contributed by atoms with Crippen LogP contribution in [0.3, 0.4) is 0 Å². The molecule has 2 aliphatic rings. The Hall–Kier alpha value is -1.18. The summed E-state index contributed by atoms with van der Waals surface area (Å²) in [5, 5.41) is 3.59. The van der Waals surface area contributed by atoms with Crippen molar-refractivity contribution < 1.29 is 0 Å². The van der Waals surface area contributed by atoms with Crippen molar-refractivity contribution in [3.8, 4) is 0 Å². The third kappa shape index (κ3) is 1.90. The third-order valence-corrected chi connectivity index (χ3v) is 4.15. The SMILES string of the molecule is CC(C)c1ccc2c(c1)N1CCCCC1CN2. The van der Waals surface area contributed by atoms with Crippen molar-refractivity contribution >= 4 is 11.4 Å². The van der Waals surface area contributed by atoms with Crippen molar-refractivity contribution in [2.45, 2.75) is 45.1 Å². The molecule has 17 heavy (non-hydrogen) atoms. The molecule has 1 fully saturated rings. The molecule has 0 aliphatic carbocycles. The van der Waals surface area contributed by atoms with Gasteiger partial charge in [-0.1, -0.05) is 19.9 Å². The van der Waals surface area contributed by atoms with E-state index in [1.54, 1.807) is 0 Å². The predicted octanol–water partition coefficient (Wildman–Crippen LogP) is 3.59. The van der Waals surface area contributed by atoms with Crippen LogP contribution in [-0.2, 0) is 0 Å². The number of piperidine rings is 1. The number of fused-ring (bicyclic) bond motifs is 3. The molecule has 0 bridgehead atoms. The van der Waals surface area contributed by atoms with Crippen LogP contribution in [0, 0.1) is 0 Å². The molecule has 92 valence electrons. The summed E-state index contributed by atoms with van der Waals surface area (Å²) >= 11 is 0. The summed E-state index contributed by atoms with van der Waals surface area (Å²) in [5.74, 6) is 0.616. The average Bonchev–Trinajstić information content (AvgIpc) is 2.38. The van der Waals surface area contributed by atoms with Crippen LogP contribution in [0.1, 0.15) is 44.6 Å². The van der Waals surface area contributed by atoms with Gasteiger partial charge in [0, 0.05) is 19.1 Å². The predicted molar refractivity (Wildman–Crippen MR) is 74.0 cm³/mol. The molecule has 1 aromatic rings. The first-order valence-corrected chi connectivity index (χ1v) is 6.90. The number of benzene rings is 1. The molecular weight excluding hydrogens is 208 g/mol. The third-order valence-electron chi connectivity index (χ3n) is 4.15. The summed E-state index contributed by atoms with van der Waals surface area (Å²) in [4.78, 5) is 2.63. The molecule has 1 unspecified atom stereocenters. The van der Waals surface area contributed by atoms with E-state index in [-0.39, 0.29) is 0 Å². The zero-order valence-corrected chi connectivity index (χ0v) is 10.9. The summed E-state index contributed by atoms with van der Waals surface area (Å²) in [5.41, 5.74) is 4.22. The van der Waals surface area contributed by atoms with Crippen molar-refractivity contribution in [2.75, 3.05) is 23.3 Å². The second-order valence-electron chi connectivity index (χ2n) is 5.66. The Labute approximate surface area is 104 Å². The largest absolute Gasteiger partial charge is 0.381 e. The summed E-state index contributed by atoms with van der Waals surface area (Å²) in [6, 6.07) is 7.64. The zero-order valence-electron chi connectivity index (χ0n) is 10.9. The van der Waals surface area contributed by atoms with Gasteiger partial charge in [-0.15, -0.1) is 0 Å². The topological polar surface area (TPSA) is 15.3 Å². The minimum absolute atomic E-state index is 0.616. The zero-order chi connectivity index (χ0) is 11.8. The molecule has 0 amide bonds. The lowest BCUT2D eigenvalue weighted by molar-refractivity contribution is 0.466. The summed E-state index contributed by atoms with van der Waals surface area (Å²) < 4.78 is 0. The van der Waals surface area contributed by atoms with Gasteiger partial charge in [0.1, 0.15) is 0 Å². The number of hydrogen-bond donors (Lipinski definition) is 1. The first kappa shape index (κ1) is 10.9. The standard InChI is InChI=1S/C15H22N2/c1-11(2)12-6-7-14-15(9-12)17-8-4-3-5-13(17)10-16-14/h6-7,9,11,13,16H,3-5,8,10H2,1-2H3. The van der Waals surface area contributed by atoms with Gasteiger partial charge in [-0.3, -0.25) is 0 Å². The Kier molecular flexibility index (Phi) is 2.73. The summed E-state index contributed by atoms with van der Waals surface area (Å²) in [7, 11) is 0. The molecule has 3 rings (SSSR count). The molecule has 1 atom stereocenters. The van der Waals surface area contributed by atoms with E-state index in [2.05, 4.69) is 42.3 Å². The van der Waals surface area contributed by atoms with E-state index in [1.807, 2.05) is 0 Å². The summed E-state index contributed by atoms with van der Waals surface area (Å²) in [6.45, 7) is 6.90. The maximum atomic E-state index is 3.59.